The van der Waals surface area contributed by atoms with Crippen molar-refractivity contribution in [2.24, 2.45) is 5.41 Å². The van der Waals surface area contributed by atoms with Crippen molar-refractivity contribution in [3.05, 3.63) is 0 Å². The van der Waals surface area contributed by atoms with Crippen LogP contribution in [0.4, 0.5) is 4.39 Å². The van der Waals surface area contributed by atoms with Crippen LogP contribution in [0.5, 0.6) is 0 Å². The monoisotopic (exact) mass is 145 g/mol. The van der Waals surface area contributed by atoms with Crippen molar-refractivity contribution in [2.75, 3.05) is 26.3 Å². The number of hydrogen-bond donors (Lipinski definition) is 1. The van der Waals surface area contributed by atoms with E-state index >= 15 is 0 Å². The second-order valence-electron chi connectivity index (χ2n) is 3.27. The Bertz CT molecular complexity index is 128. The fourth-order valence-corrected chi connectivity index (χ4v) is 1.79. The first-order chi connectivity index (χ1) is 4.83. The van der Waals surface area contributed by atoms with Crippen LogP contribution >= 0.6 is 0 Å². The highest BCUT2D eigenvalue weighted by molar-refractivity contribution is 4.96. The molecule has 2 saturated heterocycles. The molecule has 0 aromatic heterocycles. The van der Waals surface area contributed by atoms with Gasteiger partial charge in [-0.2, -0.15) is 0 Å². The van der Waals surface area contributed by atoms with Gasteiger partial charge in [0, 0.05) is 12.0 Å². The van der Waals surface area contributed by atoms with Gasteiger partial charge in [0.2, 0.25) is 0 Å². The largest absolute Gasteiger partial charge is 0.378 e. The van der Waals surface area contributed by atoms with E-state index in [4.69, 9.17) is 4.74 Å². The summed E-state index contributed by atoms with van der Waals surface area (Å²) in [6.07, 6.45) is 0.205. The van der Waals surface area contributed by atoms with Crippen LogP contribution in [0.3, 0.4) is 0 Å². The Balaban J connectivity index is 2.11. The molecule has 0 radical (unpaired) electrons. The number of halogens is 1. The summed E-state index contributed by atoms with van der Waals surface area (Å²) < 4.78 is 18.2. The lowest BCUT2D eigenvalue weighted by Crippen LogP contribution is -2.33. The summed E-state index contributed by atoms with van der Waals surface area (Å²) in [6.45, 7) is 2.67. The first kappa shape index (κ1) is 6.55. The van der Waals surface area contributed by atoms with Crippen molar-refractivity contribution < 1.29 is 9.13 Å². The van der Waals surface area contributed by atoms with E-state index in [0.717, 1.165) is 19.5 Å². The molecule has 1 spiro atoms. The van der Waals surface area contributed by atoms with Crippen LogP contribution in [-0.4, -0.2) is 32.5 Å². The second kappa shape index (κ2) is 2.17. The number of nitrogens with one attached hydrogen (secondary N) is 1. The molecule has 2 aliphatic heterocycles. The Kier molecular flexibility index (Phi) is 1.42. The van der Waals surface area contributed by atoms with Crippen molar-refractivity contribution in [3.8, 4) is 0 Å². The molecule has 1 N–H and O–H groups in total. The van der Waals surface area contributed by atoms with Gasteiger partial charge in [0.1, 0.15) is 6.17 Å². The molecule has 10 heavy (non-hydrogen) atoms. The maximum Gasteiger partial charge on any atom is 0.132 e. The van der Waals surface area contributed by atoms with Gasteiger partial charge in [0.05, 0.1) is 13.2 Å². The Hall–Kier alpha value is -0.150. The topological polar surface area (TPSA) is 21.3 Å². The molecule has 58 valence electrons. The summed E-state index contributed by atoms with van der Waals surface area (Å²) in [7, 11) is 0. The lowest BCUT2D eigenvalue weighted by Gasteiger charge is -2.21. The summed E-state index contributed by atoms with van der Waals surface area (Å²) in [5.74, 6) is 0. The lowest BCUT2D eigenvalue weighted by molar-refractivity contribution is 0.159. The molecule has 0 saturated carbocycles. The molecule has 2 heterocycles. The van der Waals surface area contributed by atoms with E-state index in [9.17, 15) is 4.39 Å². The number of rotatable bonds is 0. The van der Waals surface area contributed by atoms with Crippen molar-refractivity contribution in [1.29, 1.82) is 0 Å². The van der Waals surface area contributed by atoms with Gasteiger partial charge in [-0.15, -0.1) is 0 Å². The van der Waals surface area contributed by atoms with Crippen LogP contribution in [0, 0.1) is 5.41 Å². The van der Waals surface area contributed by atoms with Crippen LogP contribution in [0.1, 0.15) is 6.42 Å². The SMILES string of the molecule is FC1COCC12CCNC2. The molecule has 0 aromatic rings. The molecule has 2 aliphatic rings. The minimum absolute atomic E-state index is 0.153. The fraction of sp³-hybridized carbons (Fsp3) is 1.00. The van der Waals surface area contributed by atoms with Crippen molar-refractivity contribution in [2.45, 2.75) is 12.6 Å². The van der Waals surface area contributed by atoms with E-state index in [1.165, 1.54) is 0 Å². The third-order valence-electron chi connectivity index (χ3n) is 2.59. The number of ether oxygens (including phenoxy) is 1. The molecule has 0 aromatic carbocycles. The van der Waals surface area contributed by atoms with Crippen LogP contribution in [-0.2, 0) is 4.74 Å². The average molecular weight is 145 g/mol. The highest BCUT2D eigenvalue weighted by Gasteiger charge is 2.46. The Morgan fingerprint density at radius 1 is 1.60 bits per heavy atom. The van der Waals surface area contributed by atoms with E-state index in [1.807, 2.05) is 0 Å². The van der Waals surface area contributed by atoms with E-state index in [0.29, 0.717) is 13.2 Å². The molecule has 2 unspecified atom stereocenters. The van der Waals surface area contributed by atoms with Gasteiger partial charge >= 0.3 is 0 Å². The summed E-state index contributed by atoms with van der Waals surface area (Å²) in [4.78, 5) is 0. The highest BCUT2D eigenvalue weighted by atomic mass is 19.1. The fourth-order valence-electron chi connectivity index (χ4n) is 1.79. The van der Waals surface area contributed by atoms with E-state index < -0.39 is 6.17 Å². The van der Waals surface area contributed by atoms with Gasteiger partial charge in [-0.05, 0) is 13.0 Å². The highest BCUT2D eigenvalue weighted by Crippen LogP contribution is 2.36. The van der Waals surface area contributed by atoms with Gasteiger partial charge < -0.3 is 10.1 Å². The number of alkyl halides is 1. The minimum atomic E-state index is -0.734. The van der Waals surface area contributed by atoms with Crippen molar-refractivity contribution in [3.63, 3.8) is 0 Å². The molecular weight excluding hydrogens is 133 g/mol. The first-order valence-corrected chi connectivity index (χ1v) is 3.76. The third kappa shape index (κ3) is 0.772. The zero-order valence-corrected chi connectivity index (χ0v) is 5.90. The molecule has 2 atom stereocenters. The zero-order valence-electron chi connectivity index (χ0n) is 5.90. The van der Waals surface area contributed by atoms with E-state index in [2.05, 4.69) is 5.32 Å². The molecule has 0 bridgehead atoms. The third-order valence-corrected chi connectivity index (χ3v) is 2.59. The first-order valence-electron chi connectivity index (χ1n) is 3.76. The quantitative estimate of drug-likeness (QED) is 0.530. The Labute approximate surface area is 59.7 Å². The summed E-state index contributed by atoms with van der Waals surface area (Å²) in [5, 5.41) is 3.17. The van der Waals surface area contributed by atoms with Gasteiger partial charge in [-0.25, -0.2) is 4.39 Å². The maximum absolute atomic E-state index is 13.1. The standard InChI is InChI=1S/C7H12FNO/c8-6-3-10-5-7(6)1-2-9-4-7/h6,9H,1-5H2. The van der Waals surface area contributed by atoms with Crippen molar-refractivity contribution in [1.82, 2.24) is 5.32 Å². The second-order valence-corrected chi connectivity index (χ2v) is 3.27. The van der Waals surface area contributed by atoms with Gasteiger partial charge in [-0.3, -0.25) is 0 Å². The molecule has 2 rings (SSSR count). The normalized spacial score (nSPS) is 47.1. The van der Waals surface area contributed by atoms with Crippen LogP contribution < -0.4 is 5.32 Å². The van der Waals surface area contributed by atoms with Gasteiger partial charge in [0.25, 0.3) is 0 Å². The zero-order chi connectivity index (χ0) is 7.03. The summed E-state index contributed by atoms with van der Waals surface area (Å²) >= 11 is 0. The predicted molar refractivity (Wildman–Crippen MR) is 35.6 cm³/mol. The van der Waals surface area contributed by atoms with E-state index in [1.54, 1.807) is 0 Å². The molecule has 0 amide bonds. The summed E-state index contributed by atoms with van der Waals surface area (Å²) in [5.41, 5.74) is -0.153. The lowest BCUT2D eigenvalue weighted by atomic mass is 9.85. The molecular formula is C7H12FNO. The molecule has 3 heteroatoms. The molecule has 2 nitrogen and oxygen atoms in total. The smallest absolute Gasteiger partial charge is 0.132 e. The summed E-state index contributed by atoms with van der Waals surface area (Å²) in [6, 6.07) is 0. The molecule has 2 fully saturated rings. The predicted octanol–water partition coefficient (Wildman–Crippen LogP) is 0.334. The van der Waals surface area contributed by atoms with Crippen LogP contribution in [0.25, 0.3) is 0 Å². The van der Waals surface area contributed by atoms with Crippen LogP contribution in [0.15, 0.2) is 0 Å². The van der Waals surface area contributed by atoms with Crippen molar-refractivity contribution >= 4 is 0 Å². The molecule has 0 aliphatic carbocycles. The minimum Gasteiger partial charge on any atom is -0.378 e. The van der Waals surface area contributed by atoms with Gasteiger partial charge in [0.15, 0.2) is 0 Å². The van der Waals surface area contributed by atoms with Crippen LogP contribution in [0.2, 0.25) is 0 Å². The number of hydrogen-bond acceptors (Lipinski definition) is 2. The maximum atomic E-state index is 13.1. The Morgan fingerprint density at radius 2 is 2.50 bits per heavy atom. The average Bonchev–Trinajstić information content (AvgIpc) is 2.48. The van der Waals surface area contributed by atoms with Gasteiger partial charge in [-0.1, -0.05) is 0 Å². The Morgan fingerprint density at radius 3 is 3.00 bits per heavy atom. The van der Waals surface area contributed by atoms with E-state index in [-0.39, 0.29) is 5.41 Å².